The predicted octanol–water partition coefficient (Wildman–Crippen LogP) is 0.958. The molecular formula is C10H20Cl2N4O. The van der Waals surface area contributed by atoms with Crippen LogP contribution in [0.1, 0.15) is 19.7 Å². The number of nitrogens with zero attached hydrogens (tertiary/aromatic N) is 2. The third kappa shape index (κ3) is 6.51. The molecule has 7 heteroatoms. The van der Waals surface area contributed by atoms with Gasteiger partial charge in [-0.15, -0.1) is 24.8 Å². The number of hydrogen-bond acceptors (Lipinski definition) is 3. The standard InChI is InChI=1S/C10H18N4O.2ClH/c1-8(2)7-14-4-3-12-9(14)6-13-10(15)5-11;;/h3-4,8H,5-7,11H2,1-2H3,(H,13,15);2*1H. The van der Waals surface area contributed by atoms with E-state index in [1.165, 1.54) is 0 Å². The number of amides is 1. The molecule has 0 saturated heterocycles. The molecule has 0 aliphatic carbocycles. The van der Waals surface area contributed by atoms with E-state index in [2.05, 4.69) is 24.1 Å². The average molecular weight is 283 g/mol. The molecular weight excluding hydrogens is 263 g/mol. The second kappa shape index (κ2) is 9.27. The lowest BCUT2D eigenvalue weighted by Crippen LogP contribution is -2.30. The minimum atomic E-state index is -0.158. The van der Waals surface area contributed by atoms with Gasteiger partial charge in [-0.05, 0) is 5.92 Å². The Morgan fingerprint density at radius 2 is 2.18 bits per heavy atom. The van der Waals surface area contributed by atoms with Crippen LogP contribution in [0.2, 0.25) is 0 Å². The van der Waals surface area contributed by atoms with Crippen molar-refractivity contribution in [1.29, 1.82) is 0 Å². The lowest BCUT2D eigenvalue weighted by molar-refractivity contribution is -0.119. The van der Waals surface area contributed by atoms with Gasteiger partial charge in [-0.2, -0.15) is 0 Å². The maximum Gasteiger partial charge on any atom is 0.234 e. The first-order valence-corrected chi connectivity index (χ1v) is 5.10. The first-order chi connectivity index (χ1) is 7.13. The van der Waals surface area contributed by atoms with Crippen molar-refractivity contribution in [2.75, 3.05) is 6.54 Å². The van der Waals surface area contributed by atoms with Gasteiger partial charge in [0, 0.05) is 18.9 Å². The zero-order valence-electron chi connectivity index (χ0n) is 10.0. The molecule has 0 radical (unpaired) electrons. The third-order valence-electron chi connectivity index (χ3n) is 1.99. The maximum absolute atomic E-state index is 11.0. The van der Waals surface area contributed by atoms with Gasteiger partial charge in [0.2, 0.25) is 5.91 Å². The normalized spacial score (nSPS) is 9.41. The van der Waals surface area contributed by atoms with Gasteiger partial charge in [0.25, 0.3) is 0 Å². The number of nitrogens with two attached hydrogens (primary N) is 1. The van der Waals surface area contributed by atoms with Crippen LogP contribution in [0.3, 0.4) is 0 Å². The summed E-state index contributed by atoms with van der Waals surface area (Å²) in [5.74, 6) is 1.27. The van der Waals surface area contributed by atoms with Gasteiger partial charge in [0.05, 0.1) is 13.1 Å². The van der Waals surface area contributed by atoms with E-state index in [0.717, 1.165) is 12.4 Å². The number of aromatic nitrogens is 2. The van der Waals surface area contributed by atoms with Gasteiger partial charge in [-0.1, -0.05) is 13.8 Å². The molecule has 0 bridgehead atoms. The Labute approximate surface area is 114 Å². The van der Waals surface area contributed by atoms with Crippen molar-refractivity contribution in [3.05, 3.63) is 18.2 Å². The molecule has 0 spiro atoms. The second-order valence-electron chi connectivity index (χ2n) is 3.87. The Hall–Kier alpha value is -0.780. The van der Waals surface area contributed by atoms with E-state index in [1.54, 1.807) is 6.20 Å². The van der Waals surface area contributed by atoms with E-state index in [0.29, 0.717) is 12.5 Å². The van der Waals surface area contributed by atoms with E-state index < -0.39 is 0 Å². The fourth-order valence-electron chi connectivity index (χ4n) is 1.32. The molecule has 1 aromatic rings. The molecule has 0 fully saturated rings. The fraction of sp³-hybridized carbons (Fsp3) is 0.600. The molecule has 1 rings (SSSR count). The van der Waals surface area contributed by atoms with E-state index >= 15 is 0 Å². The van der Waals surface area contributed by atoms with Gasteiger partial charge in [0.15, 0.2) is 0 Å². The predicted molar refractivity (Wildman–Crippen MR) is 72.5 cm³/mol. The van der Waals surface area contributed by atoms with Crippen molar-refractivity contribution < 1.29 is 4.79 Å². The van der Waals surface area contributed by atoms with Gasteiger partial charge in [-0.3, -0.25) is 4.79 Å². The number of carbonyl (C=O) groups excluding carboxylic acids is 1. The quantitative estimate of drug-likeness (QED) is 0.845. The molecule has 1 aromatic heterocycles. The highest BCUT2D eigenvalue weighted by Gasteiger charge is 2.05. The Kier molecular flexibility index (Phi) is 10.1. The van der Waals surface area contributed by atoms with Crippen LogP contribution in [-0.2, 0) is 17.9 Å². The first kappa shape index (κ1) is 18.6. The number of hydrogen-bond donors (Lipinski definition) is 2. The summed E-state index contributed by atoms with van der Waals surface area (Å²) in [6.07, 6.45) is 3.66. The Morgan fingerprint density at radius 3 is 2.71 bits per heavy atom. The molecule has 0 atom stereocenters. The van der Waals surface area contributed by atoms with E-state index in [-0.39, 0.29) is 37.3 Å². The van der Waals surface area contributed by atoms with E-state index in [9.17, 15) is 4.79 Å². The topological polar surface area (TPSA) is 72.9 Å². The highest BCUT2D eigenvalue weighted by atomic mass is 35.5. The van der Waals surface area contributed by atoms with Crippen molar-refractivity contribution in [3.8, 4) is 0 Å². The molecule has 17 heavy (non-hydrogen) atoms. The van der Waals surface area contributed by atoms with Gasteiger partial charge in [-0.25, -0.2) is 4.98 Å². The summed E-state index contributed by atoms with van der Waals surface area (Å²) in [5, 5.41) is 2.70. The Bertz CT molecular complexity index is 328. The molecule has 1 heterocycles. The molecule has 5 nitrogen and oxygen atoms in total. The maximum atomic E-state index is 11.0. The van der Waals surface area contributed by atoms with Crippen LogP contribution in [0.4, 0.5) is 0 Å². The van der Waals surface area contributed by atoms with Crippen molar-refractivity contribution in [3.63, 3.8) is 0 Å². The lowest BCUT2D eigenvalue weighted by atomic mass is 10.2. The van der Waals surface area contributed by atoms with Gasteiger partial charge >= 0.3 is 0 Å². The van der Waals surface area contributed by atoms with Gasteiger partial charge in [0.1, 0.15) is 5.82 Å². The zero-order chi connectivity index (χ0) is 11.3. The van der Waals surface area contributed by atoms with Crippen LogP contribution in [0.5, 0.6) is 0 Å². The summed E-state index contributed by atoms with van der Waals surface area (Å²) in [6, 6.07) is 0. The highest BCUT2D eigenvalue weighted by Crippen LogP contribution is 2.03. The lowest BCUT2D eigenvalue weighted by Gasteiger charge is -2.10. The number of nitrogens with one attached hydrogen (secondary N) is 1. The number of rotatable bonds is 5. The molecule has 0 aromatic carbocycles. The minimum Gasteiger partial charge on any atom is -0.348 e. The van der Waals surface area contributed by atoms with Crippen LogP contribution in [0, 0.1) is 5.92 Å². The molecule has 1 amide bonds. The van der Waals surface area contributed by atoms with E-state index in [4.69, 9.17) is 5.73 Å². The number of carbonyl (C=O) groups is 1. The molecule has 0 saturated carbocycles. The fourth-order valence-corrected chi connectivity index (χ4v) is 1.32. The van der Waals surface area contributed by atoms with Crippen LogP contribution >= 0.6 is 24.8 Å². The van der Waals surface area contributed by atoms with Crippen LogP contribution < -0.4 is 11.1 Å². The molecule has 0 unspecified atom stereocenters. The summed E-state index contributed by atoms with van der Waals surface area (Å²) in [5.41, 5.74) is 5.19. The Morgan fingerprint density at radius 1 is 1.53 bits per heavy atom. The summed E-state index contributed by atoms with van der Waals surface area (Å²) in [7, 11) is 0. The summed E-state index contributed by atoms with van der Waals surface area (Å²) in [4.78, 5) is 15.2. The highest BCUT2D eigenvalue weighted by molar-refractivity contribution is 5.85. The first-order valence-electron chi connectivity index (χ1n) is 5.10. The largest absolute Gasteiger partial charge is 0.348 e. The molecule has 3 N–H and O–H groups in total. The van der Waals surface area contributed by atoms with Crippen molar-refractivity contribution in [2.45, 2.75) is 26.9 Å². The Balaban J connectivity index is 0. The monoisotopic (exact) mass is 282 g/mol. The van der Waals surface area contributed by atoms with Crippen molar-refractivity contribution in [1.82, 2.24) is 14.9 Å². The average Bonchev–Trinajstić information content (AvgIpc) is 2.61. The van der Waals surface area contributed by atoms with Crippen molar-refractivity contribution >= 4 is 30.7 Å². The second-order valence-corrected chi connectivity index (χ2v) is 3.87. The summed E-state index contributed by atoms with van der Waals surface area (Å²) < 4.78 is 2.04. The summed E-state index contributed by atoms with van der Waals surface area (Å²) in [6.45, 7) is 5.65. The molecule has 0 aliphatic heterocycles. The zero-order valence-corrected chi connectivity index (χ0v) is 11.7. The molecule has 100 valence electrons. The third-order valence-corrected chi connectivity index (χ3v) is 1.99. The van der Waals surface area contributed by atoms with Crippen LogP contribution in [0.25, 0.3) is 0 Å². The number of halogens is 2. The number of imidazole rings is 1. The van der Waals surface area contributed by atoms with Crippen molar-refractivity contribution in [2.24, 2.45) is 11.7 Å². The van der Waals surface area contributed by atoms with Crippen LogP contribution in [0.15, 0.2) is 12.4 Å². The van der Waals surface area contributed by atoms with Gasteiger partial charge < -0.3 is 15.6 Å². The summed E-state index contributed by atoms with van der Waals surface area (Å²) >= 11 is 0. The van der Waals surface area contributed by atoms with E-state index in [1.807, 2.05) is 10.8 Å². The molecule has 0 aliphatic rings. The van der Waals surface area contributed by atoms with Crippen LogP contribution in [-0.4, -0.2) is 22.0 Å². The minimum absolute atomic E-state index is 0. The SMILES string of the molecule is CC(C)Cn1ccnc1CNC(=O)CN.Cl.Cl. The smallest absolute Gasteiger partial charge is 0.234 e.